The number of ketones is 1. The number of carbonyl (C=O) groups is 1. The van der Waals surface area contributed by atoms with E-state index in [0.29, 0.717) is 39.1 Å². The number of halogens is 6. The highest BCUT2D eigenvalue weighted by Gasteiger charge is 2.20. The minimum atomic E-state index is -0.918. The molecule has 0 atom stereocenters. The van der Waals surface area contributed by atoms with E-state index in [0.717, 1.165) is 89.8 Å². The van der Waals surface area contributed by atoms with Crippen molar-refractivity contribution in [2.75, 3.05) is 36.8 Å². The van der Waals surface area contributed by atoms with Gasteiger partial charge < -0.3 is 49.5 Å². The van der Waals surface area contributed by atoms with Crippen molar-refractivity contribution in [1.29, 1.82) is 0 Å². The summed E-state index contributed by atoms with van der Waals surface area (Å²) in [7, 11) is 0. The van der Waals surface area contributed by atoms with Gasteiger partial charge in [-0.15, -0.1) is 0 Å². The largest absolute Gasteiger partial charge is 0.507 e. The predicted octanol–water partition coefficient (Wildman–Crippen LogP) is 11.5. The molecule has 1 saturated heterocycles. The molecule has 10 aromatic rings. The number of anilines is 2. The van der Waals surface area contributed by atoms with Gasteiger partial charge >= 0.3 is 5.69 Å². The third kappa shape index (κ3) is 14.2. The van der Waals surface area contributed by atoms with E-state index >= 15 is 0 Å². The number of carbonyl (C=O) groups excluding carboxylic acids is 1. The fourth-order valence-corrected chi connectivity index (χ4v) is 7.23. The molecular weight excluding hydrogens is 1020 g/mol. The lowest BCUT2D eigenvalue weighted by Crippen LogP contribution is -2.43. The van der Waals surface area contributed by atoms with Crippen LogP contribution in [-0.2, 0) is 0 Å². The highest BCUT2D eigenvalue weighted by molar-refractivity contribution is 6.00. The van der Waals surface area contributed by atoms with Gasteiger partial charge in [0, 0.05) is 90.4 Å². The number of benzene rings is 6. The van der Waals surface area contributed by atoms with E-state index in [1.807, 2.05) is 19.9 Å². The van der Waals surface area contributed by atoms with E-state index in [-0.39, 0.29) is 51.5 Å². The van der Waals surface area contributed by atoms with E-state index in [1.165, 1.54) is 62.4 Å². The number of nitrogens with zero attached hydrogens (tertiary/aromatic N) is 7. The summed E-state index contributed by atoms with van der Waals surface area (Å²) in [5, 5.41) is 60.8. The second kappa shape index (κ2) is 25.1. The molecule has 0 amide bonds. The molecular formula is C52H47F6N9O10. The number of nitrogens with one attached hydrogen (secondary N) is 1. The van der Waals surface area contributed by atoms with Gasteiger partial charge in [-0.1, -0.05) is 25.8 Å². The maximum atomic E-state index is 14.0. The number of nitrogens with two attached hydrogens (primary N) is 1. The second-order valence-corrected chi connectivity index (χ2v) is 16.7. The van der Waals surface area contributed by atoms with Crippen LogP contribution < -0.4 is 16.0 Å². The summed E-state index contributed by atoms with van der Waals surface area (Å²) in [6.07, 6.45) is 0. The average Bonchev–Trinajstić information content (AvgIpc) is 4.17. The normalized spacial score (nSPS) is 12.1. The summed E-state index contributed by atoms with van der Waals surface area (Å²) in [5.41, 5.74) is 10.7. The lowest BCUT2D eigenvalue weighted by molar-refractivity contribution is -0.387. The van der Waals surface area contributed by atoms with E-state index in [2.05, 4.69) is 36.0 Å². The molecule has 6 aromatic carbocycles. The number of Topliss-reactive ketones (excluding diaryl/α,β-unsaturated/α-hetero) is 1. The van der Waals surface area contributed by atoms with E-state index in [1.54, 1.807) is 19.9 Å². The quantitative estimate of drug-likeness (QED) is 0.0208. The second-order valence-electron chi connectivity index (χ2n) is 16.7. The van der Waals surface area contributed by atoms with Crippen LogP contribution in [0.4, 0.5) is 43.4 Å². The first-order chi connectivity index (χ1) is 36.6. The number of nitro benzene ring substituents is 1. The first-order valence-corrected chi connectivity index (χ1v) is 22.8. The van der Waals surface area contributed by atoms with Gasteiger partial charge in [0.05, 0.1) is 55.7 Å². The number of hydrogen-bond acceptors (Lipinski definition) is 18. The molecule has 6 N–H and O–H groups in total. The number of phenolic OH excluding ortho intramolecular Hbond substituents is 2. The van der Waals surface area contributed by atoms with Crippen LogP contribution in [-0.4, -0.2) is 78.6 Å². The third-order valence-electron chi connectivity index (χ3n) is 11.3. The Bertz CT molecular complexity index is 3760. The summed E-state index contributed by atoms with van der Waals surface area (Å²) in [6.45, 7) is 13.4. The molecule has 1 aliphatic rings. The predicted molar refractivity (Wildman–Crippen MR) is 271 cm³/mol. The van der Waals surface area contributed by atoms with Crippen molar-refractivity contribution in [2.45, 2.75) is 41.5 Å². The Hall–Kier alpha value is -9.52. The molecule has 11 rings (SSSR count). The van der Waals surface area contributed by atoms with Crippen molar-refractivity contribution in [2.24, 2.45) is 5.16 Å². The minimum absolute atomic E-state index is 0.119. The molecule has 19 nitrogen and oxygen atoms in total. The van der Waals surface area contributed by atoms with Gasteiger partial charge in [0.1, 0.15) is 40.6 Å². The fraction of sp³-hybridized carbons (Fsp3) is 0.192. The topological polar surface area (TPSA) is 279 Å². The zero-order valence-electron chi connectivity index (χ0n) is 41.7. The number of aromatic hydroxyl groups is 2. The standard InChI is InChI=1S/C12H14FN3O.C8H5FN2O3.C8H7FN2O.C8H8FNO2.C8H6FNO.C8H7FO2/c1-8-9-6-11(16-4-2-14-3-5-16)10(13)7-12(9)17-15-8;1-4-5-2-7(11(12)13)6(9)3-8(5)14-10-4;1-4-5-2-7(10)6(9)3-8(5)12-11-4;1-5(10-12)7-3-2-6(9)4-8(7)11;1-5-7-3-2-6(9)4-8(7)11-10-5;1-5(10)7-3-2-6(9)4-8(7)11/h6-7,14H,2-5H2,1H3;2-3H,1H3;2-3H,10H2,1H3;2-4,11-12H,1H3;2-4H,1H3;2-4,11H,1H3/b;;;10-5+;;. The van der Waals surface area contributed by atoms with Crippen molar-refractivity contribution in [3.8, 4) is 11.5 Å². The third-order valence-corrected chi connectivity index (χ3v) is 11.3. The fourth-order valence-electron chi connectivity index (χ4n) is 7.23. The number of hydrogen-bond donors (Lipinski definition) is 5. The van der Waals surface area contributed by atoms with Crippen LogP contribution in [0.3, 0.4) is 0 Å². The molecule has 0 bridgehead atoms. The molecule has 5 heterocycles. The minimum Gasteiger partial charge on any atom is -0.507 e. The van der Waals surface area contributed by atoms with Gasteiger partial charge in [0.25, 0.3) is 0 Å². The van der Waals surface area contributed by atoms with Gasteiger partial charge in [-0.05, 0) is 90.1 Å². The Labute approximate surface area is 431 Å². The van der Waals surface area contributed by atoms with Crippen LogP contribution in [0.2, 0.25) is 0 Å². The number of rotatable bonds is 4. The van der Waals surface area contributed by atoms with Crippen molar-refractivity contribution in [1.82, 2.24) is 25.9 Å². The summed E-state index contributed by atoms with van der Waals surface area (Å²) >= 11 is 0. The summed E-state index contributed by atoms with van der Waals surface area (Å²) in [5.74, 6) is -3.82. The van der Waals surface area contributed by atoms with E-state index in [4.69, 9.17) is 39.2 Å². The van der Waals surface area contributed by atoms with Crippen LogP contribution in [0.15, 0.2) is 114 Å². The number of phenols is 2. The molecule has 1 aliphatic heterocycles. The average molecular weight is 1070 g/mol. The first-order valence-electron chi connectivity index (χ1n) is 22.8. The van der Waals surface area contributed by atoms with Crippen molar-refractivity contribution in [3.63, 3.8) is 0 Å². The molecule has 25 heteroatoms. The van der Waals surface area contributed by atoms with E-state index in [9.17, 15) is 41.3 Å². The smallest absolute Gasteiger partial charge is 0.305 e. The monoisotopic (exact) mass is 1070 g/mol. The van der Waals surface area contributed by atoms with E-state index < -0.39 is 33.9 Å². The Kier molecular flexibility index (Phi) is 18.5. The molecule has 0 unspecified atom stereocenters. The van der Waals surface area contributed by atoms with Crippen LogP contribution >= 0.6 is 0 Å². The van der Waals surface area contributed by atoms with Crippen LogP contribution in [0.25, 0.3) is 43.9 Å². The molecule has 0 saturated carbocycles. The number of oxime groups is 1. The van der Waals surface area contributed by atoms with Crippen molar-refractivity contribution < 1.29 is 69.6 Å². The maximum Gasteiger partial charge on any atom is 0.305 e. The Morgan fingerprint density at radius 1 is 0.610 bits per heavy atom. The summed E-state index contributed by atoms with van der Waals surface area (Å²) in [4.78, 5) is 22.4. The maximum absolute atomic E-state index is 14.0. The highest BCUT2D eigenvalue weighted by atomic mass is 19.1. The van der Waals surface area contributed by atoms with Crippen molar-refractivity contribution >= 4 is 72.4 Å². The first kappa shape index (κ1) is 56.8. The van der Waals surface area contributed by atoms with Crippen molar-refractivity contribution in [3.05, 3.63) is 170 Å². The number of nitro groups is 1. The lowest BCUT2D eigenvalue weighted by atomic mass is 10.1. The molecule has 0 spiro atoms. The molecule has 1 fully saturated rings. The van der Waals surface area contributed by atoms with Gasteiger partial charge in [-0.3, -0.25) is 14.9 Å². The number of nitrogen functional groups attached to an aromatic ring is 1. The molecule has 4 aromatic heterocycles. The molecule has 402 valence electrons. The van der Waals surface area contributed by atoms with Gasteiger partial charge in [0.2, 0.25) is 5.82 Å². The molecule has 0 aliphatic carbocycles. The number of fused-ring (bicyclic) bond motifs is 4. The van der Waals surface area contributed by atoms with Gasteiger partial charge in [-0.25, -0.2) is 22.0 Å². The van der Waals surface area contributed by atoms with Crippen LogP contribution in [0.5, 0.6) is 11.5 Å². The zero-order chi connectivity index (χ0) is 56.2. The molecule has 77 heavy (non-hydrogen) atoms. The highest BCUT2D eigenvalue weighted by Crippen LogP contribution is 2.30. The summed E-state index contributed by atoms with van der Waals surface area (Å²) in [6, 6.07) is 19.3. The lowest BCUT2D eigenvalue weighted by Gasteiger charge is -2.29. The van der Waals surface area contributed by atoms with Gasteiger partial charge in [0.15, 0.2) is 28.1 Å². The Balaban J connectivity index is 0.000000151. The number of piperazine rings is 1. The Morgan fingerprint density at radius 3 is 1.53 bits per heavy atom. The SMILES string of the molecule is C/C(=N\O)c1ccc(F)cc1O.CC(=O)c1ccc(F)cc1O.Cc1noc2cc(F)c(N)cc12.Cc1noc2cc(F)c(N3CCNCC3)cc12.Cc1noc2cc(F)c([N+](=O)[O-])cc12.Cc1noc2cc(F)ccc12. The zero-order valence-corrected chi connectivity index (χ0v) is 41.7. The number of aromatic nitrogens is 4. The Morgan fingerprint density at radius 2 is 1.04 bits per heavy atom. The molecule has 0 radical (unpaired) electrons. The summed E-state index contributed by atoms with van der Waals surface area (Å²) < 4.78 is 96.7. The van der Waals surface area contributed by atoms with Crippen LogP contribution in [0.1, 0.15) is 52.5 Å². The number of aryl methyl sites for hydroxylation is 4. The van der Waals surface area contributed by atoms with Gasteiger partial charge in [-0.2, -0.15) is 4.39 Å². The van der Waals surface area contributed by atoms with Crippen LogP contribution in [0, 0.1) is 72.7 Å².